The highest BCUT2D eigenvalue weighted by atomic mass is 15.1. The first-order valence-electron chi connectivity index (χ1n) is 7.40. The Labute approximate surface area is 135 Å². The van der Waals surface area contributed by atoms with Gasteiger partial charge >= 0.3 is 0 Å². The molecule has 23 heavy (non-hydrogen) atoms. The fourth-order valence-electron chi connectivity index (χ4n) is 2.00. The Morgan fingerprint density at radius 3 is 2.43 bits per heavy atom. The number of aromatic nitrogens is 1. The summed E-state index contributed by atoms with van der Waals surface area (Å²) in [5.41, 5.74) is 21.6. The summed E-state index contributed by atoms with van der Waals surface area (Å²) >= 11 is 0. The summed E-state index contributed by atoms with van der Waals surface area (Å²) in [6, 6.07) is 3.53. The van der Waals surface area contributed by atoms with E-state index in [2.05, 4.69) is 20.3 Å². The number of nitrogens with two attached hydrogens (primary N) is 4. The van der Waals surface area contributed by atoms with Crippen molar-refractivity contribution in [3.05, 3.63) is 24.5 Å². The fraction of sp³-hybridized carbons (Fsp3) is 0.429. The lowest BCUT2D eigenvalue weighted by Crippen LogP contribution is -2.39. The van der Waals surface area contributed by atoms with Crippen LogP contribution in [0.15, 0.2) is 34.5 Å². The second-order valence-corrected chi connectivity index (χ2v) is 5.02. The molecule has 1 unspecified atom stereocenters. The lowest BCUT2D eigenvalue weighted by atomic mass is 10.1. The van der Waals surface area contributed by atoms with Gasteiger partial charge in [-0.25, -0.2) is 4.99 Å². The Balaban J connectivity index is 0.000000238. The Morgan fingerprint density at radius 2 is 1.83 bits per heavy atom. The summed E-state index contributed by atoms with van der Waals surface area (Å²) in [4.78, 5) is 11.3. The molecule has 0 bridgehead atoms. The van der Waals surface area contributed by atoms with Gasteiger partial charge < -0.3 is 28.3 Å². The highest BCUT2D eigenvalue weighted by Gasteiger charge is 2.12. The maximum absolute atomic E-state index is 7.20. The minimum absolute atomic E-state index is 0.0196. The quantitative estimate of drug-likeness (QED) is 0.323. The molecule has 2 rings (SSSR count). The topological polar surface area (TPSA) is 178 Å². The van der Waals surface area contributed by atoms with E-state index in [0.29, 0.717) is 11.5 Å². The fourth-order valence-corrected chi connectivity index (χ4v) is 2.00. The van der Waals surface area contributed by atoms with E-state index < -0.39 is 0 Å². The van der Waals surface area contributed by atoms with Gasteiger partial charge in [0.1, 0.15) is 5.84 Å². The van der Waals surface area contributed by atoms with Gasteiger partial charge in [-0.3, -0.25) is 10.4 Å². The third-order valence-electron chi connectivity index (χ3n) is 3.09. The Bertz CT molecular complexity index is 526. The molecule has 10 N–H and O–H groups in total. The average Bonchev–Trinajstić information content (AvgIpc) is 2.77. The molecule has 0 aromatic carbocycles. The number of nitrogens with zero attached hydrogens (tertiary/aromatic N) is 3. The maximum atomic E-state index is 7.20. The molecular formula is C14H25N9. The zero-order valence-electron chi connectivity index (χ0n) is 13.1. The predicted molar refractivity (Wildman–Crippen MR) is 93.5 cm³/mol. The first-order chi connectivity index (χ1) is 11.0. The van der Waals surface area contributed by atoms with Crippen LogP contribution in [-0.4, -0.2) is 35.3 Å². The van der Waals surface area contributed by atoms with E-state index in [9.17, 15) is 0 Å². The number of guanidine groups is 2. The molecule has 1 saturated heterocycles. The highest BCUT2D eigenvalue weighted by molar-refractivity contribution is 5.93. The van der Waals surface area contributed by atoms with Crippen molar-refractivity contribution >= 4 is 23.4 Å². The normalized spacial score (nSPS) is 18.1. The van der Waals surface area contributed by atoms with E-state index in [1.54, 1.807) is 24.5 Å². The van der Waals surface area contributed by atoms with Crippen molar-refractivity contribution in [3.63, 3.8) is 0 Å². The third kappa shape index (κ3) is 8.37. The van der Waals surface area contributed by atoms with Crippen LogP contribution < -0.4 is 28.3 Å². The number of rotatable bonds is 2. The molecule has 0 aliphatic carbocycles. The zero-order valence-corrected chi connectivity index (χ0v) is 13.1. The molecule has 2 heterocycles. The summed E-state index contributed by atoms with van der Waals surface area (Å²) in [7, 11) is 0. The second kappa shape index (κ2) is 10.1. The molecule has 1 aliphatic rings. The molecule has 1 aliphatic heterocycles. The molecule has 0 saturated carbocycles. The average molecular weight is 319 g/mol. The Kier molecular flexibility index (Phi) is 8.08. The lowest BCUT2D eigenvalue weighted by molar-refractivity contribution is 0.618. The van der Waals surface area contributed by atoms with Crippen LogP contribution in [0.25, 0.3) is 0 Å². The summed E-state index contributed by atoms with van der Waals surface area (Å²) in [5.74, 6) is 0.198. The summed E-state index contributed by atoms with van der Waals surface area (Å²) in [5, 5.41) is 10.4. The van der Waals surface area contributed by atoms with Crippen molar-refractivity contribution < 1.29 is 0 Å². The third-order valence-corrected chi connectivity index (χ3v) is 3.09. The van der Waals surface area contributed by atoms with Gasteiger partial charge in [0.05, 0.1) is 11.7 Å². The minimum Gasteiger partial charge on any atom is -0.386 e. The smallest absolute Gasteiger partial charge is 0.223 e. The second-order valence-electron chi connectivity index (χ2n) is 5.02. The molecule has 9 nitrogen and oxygen atoms in total. The molecule has 126 valence electrons. The van der Waals surface area contributed by atoms with Crippen molar-refractivity contribution in [1.29, 1.82) is 5.41 Å². The molecular weight excluding hydrogens is 294 g/mol. The molecule has 0 radical (unpaired) electrons. The Hall–Kier alpha value is -2.68. The van der Waals surface area contributed by atoms with Crippen molar-refractivity contribution in [3.8, 4) is 0 Å². The highest BCUT2D eigenvalue weighted by Crippen LogP contribution is 2.08. The van der Waals surface area contributed by atoms with E-state index in [0.717, 1.165) is 13.0 Å². The van der Waals surface area contributed by atoms with Crippen molar-refractivity contribution in [2.45, 2.75) is 31.7 Å². The first kappa shape index (κ1) is 18.4. The summed E-state index contributed by atoms with van der Waals surface area (Å²) < 4.78 is 0. The first-order valence-corrected chi connectivity index (χ1v) is 7.40. The number of aliphatic imine (C=N–C) groups is 2. The van der Waals surface area contributed by atoms with Crippen LogP contribution in [0, 0.1) is 5.41 Å². The molecule has 9 heteroatoms. The monoisotopic (exact) mass is 319 g/mol. The number of amidine groups is 1. The number of hydrogen-bond acceptors (Lipinski definition) is 4. The van der Waals surface area contributed by atoms with Crippen LogP contribution in [0.5, 0.6) is 0 Å². The van der Waals surface area contributed by atoms with Crippen molar-refractivity contribution in [2.75, 3.05) is 6.54 Å². The standard InChI is InChI=1S/C7H10N6.C7H15N3/c8-6(9)13-7(10)12-5-1-3-11-4-2-5;8-7(9)6-4-2-1-3-5-10-6/h1-4H,(H6,8,9,10,11,12,13);6,10H,1-5H2,(H3,8,9). The largest absolute Gasteiger partial charge is 0.386 e. The molecule has 1 fully saturated rings. The van der Waals surface area contributed by atoms with Gasteiger partial charge in [-0.1, -0.05) is 12.8 Å². The maximum Gasteiger partial charge on any atom is 0.223 e. The summed E-state index contributed by atoms with van der Waals surface area (Å²) in [6.07, 6.45) is 7.94. The van der Waals surface area contributed by atoms with Gasteiger partial charge in [-0.2, -0.15) is 4.99 Å². The van der Waals surface area contributed by atoms with Gasteiger partial charge in [-0.05, 0) is 31.5 Å². The minimum atomic E-state index is -0.115. The van der Waals surface area contributed by atoms with E-state index >= 15 is 0 Å². The van der Waals surface area contributed by atoms with Gasteiger partial charge in [-0.15, -0.1) is 0 Å². The van der Waals surface area contributed by atoms with E-state index in [1.165, 1.54) is 19.3 Å². The van der Waals surface area contributed by atoms with Gasteiger partial charge in [0.25, 0.3) is 0 Å². The molecule has 1 aromatic rings. The molecule has 0 spiro atoms. The molecule has 1 atom stereocenters. The number of hydrogen-bond donors (Lipinski definition) is 6. The van der Waals surface area contributed by atoms with Crippen molar-refractivity contribution in [1.82, 2.24) is 10.3 Å². The number of nitrogens with one attached hydrogen (secondary N) is 2. The van der Waals surface area contributed by atoms with Crippen LogP contribution in [0.1, 0.15) is 25.7 Å². The molecule has 1 aromatic heterocycles. The van der Waals surface area contributed by atoms with E-state index in [4.69, 9.17) is 28.3 Å². The summed E-state index contributed by atoms with van der Waals surface area (Å²) in [6.45, 7) is 1.02. The van der Waals surface area contributed by atoms with Crippen LogP contribution in [0.4, 0.5) is 5.69 Å². The zero-order chi connectivity index (χ0) is 17.1. The SMILES string of the molecule is N=C(N)C1CCCCCN1.NC(N)=NC(N)=Nc1ccncc1. The number of pyridine rings is 1. The van der Waals surface area contributed by atoms with Crippen LogP contribution in [-0.2, 0) is 0 Å². The lowest BCUT2D eigenvalue weighted by Gasteiger charge is -2.12. The van der Waals surface area contributed by atoms with Gasteiger partial charge in [0.2, 0.25) is 5.96 Å². The Morgan fingerprint density at radius 1 is 1.13 bits per heavy atom. The van der Waals surface area contributed by atoms with E-state index in [-0.39, 0.29) is 18.0 Å². The van der Waals surface area contributed by atoms with Crippen LogP contribution in [0.2, 0.25) is 0 Å². The van der Waals surface area contributed by atoms with Gasteiger partial charge in [0.15, 0.2) is 5.96 Å². The van der Waals surface area contributed by atoms with Crippen LogP contribution in [0.3, 0.4) is 0 Å². The van der Waals surface area contributed by atoms with E-state index in [1.807, 2.05) is 0 Å². The molecule has 0 amide bonds. The van der Waals surface area contributed by atoms with Crippen molar-refractivity contribution in [2.24, 2.45) is 32.9 Å². The van der Waals surface area contributed by atoms with Crippen LogP contribution >= 0.6 is 0 Å². The predicted octanol–water partition coefficient (Wildman–Crippen LogP) is -0.244. The van der Waals surface area contributed by atoms with Gasteiger partial charge in [0, 0.05) is 12.4 Å².